The van der Waals surface area contributed by atoms with E-state index in [2.05, 4.69) is 15.7 Å². The van der Waals surface area contributed by atoms with Crippen molar-refractivity contribution < 1.29 is 9.53 Å². The molecular weight excluding hydrogens is 328 g/mol. The van der Waals surface area contributed by atoms with Crippen LogP contribution in [0, 0.1) is 0 Å². The number of methoxy groups -OCH3 is 1. The lowest BCUT2D eigenvalue weighted by Crippen LogP contribution is -2.32. The molecule has 0 saturated carbocycles. The van der Waals surface area contributed by atoms with Crippen LogP contribution in [0.2, 0.25) is 5.02 Å². The van der Waals surface area contributed by atoms with E-state index >= 15 is 0 Å². The fourth-order valence-electron chi connectivity index (χ4n) is 2.87. The first-order valence-corrected chi connectivity index (χ1v) is 8.41. The number of carbonyl (C=O) groups excluding carboxylic acids is 1. The molecule has 6 nitrogen and oxygen atoms in total. The number of amides is 1. The molecule has 1 aliphatic rings. The zero-order chi connectivity index (χ0) is 16.9. The molecule has 24 heavy (non-hydrogen) atoms. The quantitative estimate of drug-likeness (QED) is 0.870. The van der Waals surface area contributed by atoms with Crippen molar-refractivity contribution in [1.82, 2.24) is 20.4 Å². The average molecular weight is 349 g/mol. The van der Waals surface area contributed by atoms with Crippen LogP contribution in [0.1, 0.15) is 34.9 Å². The van der Waals surface area contributed by atoms with Crippen LogP contribution in [-0.4, -0.2) is 35.9 Å². The average Bonchev–Trinajstić information content (AvgIpc) is 3.11. The summed E-state index contributed by atoms with van der Waals surface area (Å²) in [4.78, 5) is 12.3. The largest absolute Gasteiger partial charge is 0.496 e. The van der Waals surface area contributed by atoms with Gasteiger partial charge >= 0.3 is 0 Å². The number of nitrogens with zero attached hydrogens (tertiary/aromatic N) is 2. The number of hydrogen-bond donors (Lipinski definition) is 2. The summed E-state index contributed by atoms with van der Waals surface area (Å²) in [5, 5.41) is 11.2. The second-order valence-corrected chi connectivity index (χ2v) is 6.26. The number of halogens is 1. The molecule has 1 aromatic heterocycles. The summed E-state index contributed by atoms with van der Waals surface area (Å²) >= 11 is 6.01. The smallest absolute Gasteiger partial charge is 0.272 e. The number of nitrogens with one attached hydrogen (secondary N) is 2. The van der Waals surface area contributed by atoms with E-state index < -0.39 is 0 Å². The minimum absolute atomic E-state index is 0.209. The van der Waals surface area contributed by atoms with Gasteiger partial charge in [0.15, 0.2) is 0 Å². The highest BCUT2D eigenvalue weighted by molar-refractivity contribution is 6.30. The van der Waals surface area contributed by atoms with Gasteiger partial charge in [0.25, 0.3) is 5.91 Å². The molecule has 1 unspecified atom stereocenters. The molecule has 0 bridgehead atoms. The Balaban J connectivity index is 1.63. The second kappa shape index (κ2) is 7.68. The van der Waals surface area contributed by atoms with Crippen molar-refractivity contribution >= 4 is 17.5 Å². The molecular formula is C17H21ClN4O2. The van der Waals surface area contributed by atoms with Gasteiger partial charge in [0.2, 0.25) is 0 Å². The lowest BCUT2D eigenvalue weighted by atomic mass is 10.1. The van der Waals surface area contributed by atoms with Gasteiger partial charge in [0.1, 0.15) is 11.4 Å². The first kappa shape index (κ1) is 16.8. The first-order valence-electron chi connectivity index (χ1n) is 8.04. The van der Waals surface area contributed by atoms with E-state index in [0.29, 0.717) is 29.1 Å². The molecule has 1 amide bonds. The number of piperidine rings is 1. The molecule has 1 fully saturated rings. The summed E-state index contributed by atoms with van der Waals surface area (Å²) in [6, 6.07) is 7.39. The van der Waals surface area contributed by atoms with E-state index in [1.807, 2.05) is 10.9 Å². The highest BCUT2D eigenvalue weighted by Gasteiger charge is 2.17. The maximum absolute atomic E-state index is 12.3. The summed E-state index contributed by atoms with van der Waals surface area (Å²) in [5.74, 6) is 0.484. The summed E-state index contributed by atoms with van der Waals surface area (Å²) in [6.45, 7) is 2.27. The van der Waals surface area contributed by atoms with Crippen molar-refractivity contribution in [3.8, 4) is 5.75 Å². The lowest BCUT2D eigenvalue weighted by Gasteiger charge is -2.22. The number of ether oxygens (including phenoxy) is 1. The Labute approximate surface area is 146 Å². The van der Waals surface area contributed by atoms with Crippen LogP contribution in [0.4, 0.5) is 0 Å². The van der Waals surface area contributed by atoms with Gasteiger partial charge in [0, 0.05) is 29.9 Å². The zero-order valence-electron chi connectivity index (χ0n) is 13.6. The van der Waals surface area contributed by atoms with Gasteiger partial charge in [-0.1, -0.05) is 11.6 Å². The summed E-state index contributed by atoms with van der Waals surface area (Å²) in [6.07, 6.45) is 4.07. The first-order chi connectivity index (χ1) is 11.7. The predicted molar refractivity (Wildman–Crippen MR) is 92.5 cm³/mol. The van der Waals surface area contributed by atoms with Gasteiger partial charge in [-0.15, -0.1) is 0 Å². The monoisotopic (exact) mass is 348 g/mol. The highest BCUT2D eigenvalue weighted by atomic mass is 35.5. The third-order valence-corrected chi connectivity index (χ3v) is 4.40. The molecule has 128 valence electrons. The fraction of sp³-hybridized carbons (Fsp3) is 0.412. The van der Waals surface area contributed by atoms with Crippen LogP contribution in [0.25, 0.3) is 0 Å². The standard InChI is InChI=1S/C17H21ClN4O2/c1-24-16-5-4-13(18)9-12(16)10-20-17(23)15-6-8-22(21-15)14-3-2-7-19-11-14/h4-6,8-9,14,19H,2-3,7,10-11H2,1H3,(H,20,23). The van der Waals surface area contributed by atoms with Crippen molar-refractivity contribution in [2.45, 2.75) is 25.4 Å². The Hall–Kier alpha value is -2.05. The van der Waals surface area contributed by atoms with E-state index in [-0.39, 0.29) is 5.91 Å². The van der Waals surface area contributed by atoms with Gasteiger partial charge < -0.3 is 15.4 Å². The molecule has 1 aromatic carbocycles. The van der Waals surface area contributed by atoms with Gasteiger partial charge in [-0.05, 0) is 43.7 Å². The lowest BCUT2D eigenvalue weighted by molar-refractivity contribution is 0.0944. The predicted octanol–water partition coefficient (Wildman–Crippen LogP) is 2.40. The molecule has 2 aromatic rings. The summed E-state index contributed by atoms with van der Waals surface area (Å²) in [7, 11) is 1.59. The Morgan fingerprint density at radius 3 is 3.12 bits per heavy atom. The van der Waals surface area contributed by atoms with E-state index in [1.54, 1.807) is 31.4 Å². The van der Waals surface area contributed by atoms with Crippen molar-refractivity contribution in [3.05, 3.63) is 46.7 Å². The van der Waals surface area contributed by atoms with Crippen molar-refractivity contribution in [2.24, 2.45) is 0 Å². The SMILES string of the molecule is COc1ccc(Cl)cc1CNC(=O)c1ccn(C2CCCNC2)n1. The molecule has 0 spiro atoms. The summed E-state index contributed by atoms with van der Waals surface area (Å²) in [5.41, 5.74) is 1.25. The molecule has 7 heteroatoms. The van der Waals surface area contributed by atoms with E-state index in [9.17, 15) is 4.79 Å². The second-order valence-electron chi connectivity index (χ2n) is 5.82. The van der Waals surface area contributed by atoms with Crippen LogP contribution in [0.15, 0.2) is 30.5 Å². The summed E-state index contributed by atoms with van der Waals surface area (Å²) < 4.78 is 7.16. The van der Waals surface area contributed by atoms with Crippen LogP contribution >= 0.6 is 11.6 Å². The number of rotatable bonds is 5. The Morgan fingerprint density at radius 2 is 2.38 bits per heavy atom. The van der Waals surface area contributed by atoms with Gasteiger partial charge in [-0.2, -0.15) is 5.10 Å². The van der Waals surface area contributed by atoms with Crippen molar-refractivity contribution in [1.29, 1.82) is 0 Å². The third-order valence-electron chi connectivity index (χ3n) is 4.17. The van der Waals surface area contributed by atoms with Crippen molar-refractivity contribution in [2.75, 3.05) is 20.2 Å². The van der Waals surface area contributed by atoms with E-state index in [0.717, 1.165) is 31.5 Å². The van der Waals surface area contributed by atoms with Crippen LogP contribution in [0.5, 0.6) is 5.75 Å². The minimum atomic E-state index is -0.209. The van der Waals surface area contributed by atoms with Crippen LogP contribution < -0.4 is 15.4 Å². The van der Waals surface area contributed by atoms with E-state index in [1.165, 1.54) is 0 Å². The fourth-order valence-corrected chi connectivity index (χ4v) is 3.07. The topological polar surface area (TPSA) is 68.2 Å². The Morgan fingerprint density at radius 1 is 1.50 bits per heavy atom. The number of carbonyl (C=O) groups is 1. The van der Waals surface area contributed by atoms with Crippen LogP contribution in [-0.2, 0) is 6.54 Å². The molecule has 1 saturated heterocycles. The van der Waals surface area contributed by atoms with Crippen molar-refractivity contribution in [3.63, 3.8) is 0 Å². The van der Waals surface area contributed by atoms with Gasteiger partial charge in [0.05, 0.1) is 13.2 Å². The molecule has 3 rings (SSSR count). The molecule has 1 atom stereocenters. The zero-order valence-corrected chi connectivity index (χ0v) is 14.3. The molecule has 0 radical (unpaired) electrons. The molecule has 2 N–H and O–H groups in total. The van der Waals surface area contributed by atoms with E-state index in [4.69, 9.17) is 16.3 Å². The molecule has 0 aliphatic carbocycles. The van der Waals surface area contributed by atoms with Gasteiger partial charge in [-0.3, -0.25) is 9.48 Å². The number of benzene rings is 1. The number of aromatic nitrogens is 2. The minimum Gasteiger partial charge on any atom is -0.496 e. The highest BCUT2D eigenvalue weighted by Crippen LogP contribution is 2.22. The van der Waals surface area contributed by atoms with Gasteiger partial charge in [-0.25, -0.2) is 0 Å². The molecule has 1 aliphatic heterocycles. The molecule has 2 heterocycles. The van der Waals surface area contributed by atoms with Crippen LogP contribution in [0.3, 0.4) is 0 Å². The Bertz CT molecular complexity index is 710. The number of hydrogen-bond acceptors (Lipinski definition) is 4. The maximum atomic E-state index is 12.3. The normalized spacial score (nSPS) is 17.5. The maximum Gasteiger partial charge on any atom is 0.272 e. The Kier molecular flexibility index (Phi) is 5.37. The third kappa shape index (κ3) is 3.88.